The predicted molar refractivity (Wildman–Crippen MR) is 114 cm³/mol. The molecule has 1 N–H and O–H groups in total. The number of fused-ring (bicyclic) bond motifs is 1. The van der Waals surface area contributed by atoms with E-state index in [1.807, 2.05) is 18.2 Å². The van der Waals surface area contributed by atoms with Crippen molar-refractivity contribution in [1.29, 1.82) is 0 Å². The number of alkyl halides is 1. The van der Waals surface area contributed by atoms with Crippen LogP contribution in [0.2, 0.25) is 0 Å². The van der Waals surface area contributed by atoms with Gasteiger partial charge in [-0.25, -0.2) is 9.18 Å². The summed E-state index contributed by atoms with van der Waals surface area (Å²) in [5.41, 5.74) is 2.35. The second kappa shape index (κ2) is 8.13. The third kappa shape index (κ3) is 4.38. The predicted octanol–water partition coefficient (Wildman–Crippen LogP) is 2.92. The number of halogens is 1. The van der Waals surface area contributed by atoms with Crippen molar-refractivity contribution in [2.24, 2.45) is 0 Å². The van der Waals surface area contributed by atoms with Crippen LogP contribution in [0, 0.1) is 0 Å². The van der Waals surface area contributed by atoms with Gasteiger partial charge >= 0.3 is 6.09 Å². The van der Waals surface area contributed by atoms with Gasteiger partial charge in [0.05, 0.1) is 18.5 Å². The van der Waals surface area contributed by atoms with E-state index < -0.39 is 17.9 Å². The fraction of sp³-hybridized carbons (Fsp3) is 0.609. The van der Waals surface area contributed by atoms with Crippen molar-refractivity contribution in [3.63, 3.8) is 0 Å². The van der Waals surface area contributed by atoms with E-state index in [1.165, 1.54) is 4.90 Å². The molecule has 0 saturated carbocycles. The van der Waals surface area contributed by atoms with Crippen molar-refractivity contribution < 1.29 is 23.5 Å². The average Bonchev–Trinajstić information content (AvgIpc) is 3.11. The maximum atomic E-state index is 15.2. The van der Waals surface area contributed by atoms with Crippen LogP contribution in [0.5, 0.6) is 0 Å². The summed E-state index contributed by atoms with van der Waals surface area (Å²) in [5.74, 6) is -0.826. The molecular weight excluding hydrogens is 401 g/mol. The molecule has 3 amide bonds. The van der Waals surface area contributed by atoms with Crippen molar-refractivity contribution in [2.75, 3.05) is 24.5 Å². The number of nitrogens with one attached hydrogen (secondary N) is 1. The van der Waals surface area contributed by atoms with Gasteiger partial charge < -0.3 is 14.5 Å². The zero-order valence-corrected chi connectivity index (χ0v) is 18.3. The normalized spacial score (nSPS) is 26.5. The molecule has 0 bridgehead atoms. The number of rotatable bonds is 2. The Hall–Kier alpha value is -2.64. The lowest BCUT2D eigenvalue weighted by Crippen LogP contribution is -2.54. The van der Waals surface area contributed by atoms with Gasteiger partial charge in [0.1, 0.15) is 11.8 Å². The molecule has 1 aromatic rings. The molecule has 3 aliphatic rings. The van der Waals surface area contributed by atoms with Gasteiger partial charge in [-0.1, -0.05) is 12.1 Å². The first kappa shape index (κ1) is 21.6. The van der Waals surface area contributed by atoms with Crippen LogP contribution in [0.3, 0.4) is 0 Å². The number of carbonyl (C=O) groups is 3. The van der Waals surface area contributed by atoms with Crippen LogP contribution in [-0.2, 0) is 20.7 Å². The Morgan fingerprint density at radius 1 is 1.16 bits per heavy atom. The highest BCUT2D eigenvalue weighted by Crippen LogP contribution is 2.39. The number of ether oxygens (including phenoxy) is 1. The summed E-state index contributed by atoms with van der Waals surface area (Å²) in [4.78, 5) is 39.7. The number of benzene rings is 1. The lowest BCUT2D eigenvalue weighted by atomic mass is 9.86. The van der Waals surface area contributed by atoms with Crippen molar-refractivity contribution in [2.45, 2.75) is 70.2 Å². The third-order valence-electron chi connectivity index (χ3n) is 6.27. The van der Waals surface area contributed by atoms with Crippen molar-refractivity contribution in [3.05, 3.63) is 29.3 Å². The number of imide groups is 1. The van der Waals surface area contributed by atoms with Crippen molar-refractivity contribution >= 4 is 23.6 Å². The Morgan fingerprint density at radius 2 is 1.94 bits per heavy atom. The zero-order chi connectivity index (χ0) is 22.3. The minimum Gasteiger partial charge on any atom is -0.444 e. The SMILES string of the molecule is CC(C)(C)OC(=O)N1CC[C@H](N2CCc3c(C4CCC(=O)NC4=O)cccc32)[C@@H](F)C1. The largest absolute Gasteiger partial charge is 0.444 e. The Labute approximate surface area is 181 Å². The molecule has 1 aromatic carbocycles. The monoisotopic (exact) mass is 431 g/mol. The summed E-state index contributed by atoms with van der Waals surface area (Å²) in [6, 6.07) is 5.50. The van der Waals surface area contributed by atoms with E-state index in [-0.39, 0.29) is 30.3 Å². The molecular formula is C23H30FN3O4. The Bertz CT molecular complexity index is 897. The number of piperidine rings is 2. The summed E-state index contributed by atoms with van der Waals surface area (Å²) in [6.07, 6.45) is 0.424. The highest BCUT2D eigenvalue weighted by Gasteiger charge is 2.40. The minimum absolute atomic E-state index is 0.0121. The minimum atomic E-state index is -1.19. The number of anilines is 1. The van der Waals surface area contributed by atoms with E-state index in [4.69, 9.17) is 4.74 Å². The van der Waals surface area contributed by atoms with Gasteiger partial charge in [-0.15, -0.1) is 0 Å². The average molecular weight is 432 g/mol. The summed E-state index contributed by atoms with van der Waals surface area (Å²) >= 11 is 0. The summed E-state index contributed by atoms with van der Waals surface area (Å²) in [5, 5.41) is 2.43. The maximum absolute atomic E-state index is 15.2. The molecule has 0 radical (unpaired) electrons. The maximum Gasteiger partial charge on any atom is 0.410 e. The van der Waals surface area contributed by atoms with Crippen LogP contribution < -0.4 is 10.2 Å². The van der Waals surface area contributed by atoms with Crippen LogP contribution >= 0.6 is 0 Å². The Kier molecular flexibility index (Phi) is 5.66. The number of amides is 3. The third-order valence-corrected chi connectivity index (χ3v) is 6.27. The highest BCUT2D eigenvalue weighted by molar-refractivity contribution is 6.01. The first-order valence-electron chi connectivity index (χ1n) is 11.0. The highest BCUT2D eigenvalue weighted by atomic mass is 19.1. The molecule has 168 valence electrons. The van der Waals surface area contributed by atoms with E-state index in [9.17, 15) is 14.4 Å². The van der Waals surface area contributed by atoms with Gasteiger partial charge in [0.2, 0.25) is 11.8 Å². The number of nitrogens with zero attached hydrogens (tertiary/aromatic N) is 2. The smallest absolute Gasteiger partial charge is 0.410 e. The second-order valence-electron chi connectivity index (χ2n) is 9.59. The van der Waals surface area contributed by atoms with Gasteiger partial charge in [-0.3, -0.25) is 14.9 Å². The van der Waals surface area contributed by atoms with Gasteiger partial charge in [-0.05, 0) is 57.2 Å². The first-order valence-corrected chi connectivity index (χ1v) is 11.0. The molecule has 3 atom stereocenters. The molecule has 0 aromatic heterocycles. The van der Waals surface area contributed by atoms with E-state index in [2.05, 4.69) is 10.2 Å². The van der Waals surface area contributed by atoms with Crippen LogP contribution in [0.25, 0.3) is 0 Å². The van der Waals surface area contributed by atoms with Crippen LogP contribution in [0.1, 0.15) is 57.1 Å². The number of likely N-dealkylation sites (tertiary alicyclic amines) is 1. The van der Waals surface area contributed by atoms with E-state index in [0.717, 1.165) is 23.2 Å². The second-order valence-corrected chi connectivity index (χ2v) is 9.59. The molecule has 31 heavy (non-hydrogen) atoms. The van der Waals surface area contributed by atoms with Crippen LogP contribution in [0.4, 0.5) is 14.9 Å². The standard InChI is InChI=1S/C23H30FN3O4/c1-23(2,3)31-22(30)26-11-10-19(17(24)13-26)27-12-9-15-14(5-4-6-18(15)27)16-7-8-20(28)25-21(16)29/h4-6,16-17,19H,7-13H2,1-3H3,(H,25,28,29)/t16?,17-,19-/m0/s1. The summed E-state index contributed by atoms with van der Waals surface area (Å²) < 4.78 is 20.6. The fourth-order valence-corrected chi connectivity index (χ4v) is 4.88. The number of hydrogen-bond donors (Lipinski definition) is 1. The van der Waals surface area contributed by atoms with Crippen LogP contribution in [-0.4, -0.2) is 60.3 Å². The molecule has 0 spiro atoms. The molecule has 4 rings (SSSR count). The molecule has 7 nitrogen and oxygen atoms in total. The Balaban J connectivity index is 1.49. The molecule has 3 heterocycles. The van der Waals surface area contributed by atoms with Gasteiger partial charge in [0.25, 0.3) is 0 Å². The van der Waals surface area contributed by atoms with Gasteiger partial charge in [0.15, 0.2) is 0 Å². The zero-order valence-electron chi connectivity index (χ0n) is 18.3. The number of hydrogen-bond acceptors (Lipinski definition) is 5. The van der Waals surface area contributed by atoms with E-state index >= 15 is 4.39 Å². The fourth-order valence-electron chi connectivity index (χ4n) is 4.88. The summed E-state index contributed by atoms with van der Waals surface area (Å²) in [6.45, 7) is 6.53. The molecule has 0 aliphatic carbocycles. The van der Waals surface area contributed by atoms with E-state index in [0.29, 0.717) is 32.4 Å². The van der Waals surface area contributed by atoms with Crippen molar-refractivity contribution in [3.8, 4) is 0 Å². The van der Waals surface area contributed by atoms with Crippen molar-refractivity contribution in [1.82, 2.24) is 10.2 Å². The molecule has 2 fully saturated rings. The lowest BCUT2D eigenvalue weighted by Gasteiger charge is -2.40. The summed E-state index contributed by atoms with van der Waals surface area (Å²) in [7, 11) is 0. The number of carbonyl (C=O) groups excluding carboxylic acids is 3. The molecule has 8 heteroatoms. The molecule has 2 saturated heterocycles. The van der Waals surface area contributed by atoms with E-state index in [1.54, 1.807) is 20.8 Å². The Morgan fingerprint density at radius 3 is 2.61 bits per heavy atom. The first-order chi connectivity index (χ1) is 14.6. The quantitative estimate of drug-likeness (QED) is 0.729. The van der Waals surface area contributed by atoms with Gasteiger partial charge in [0, 0.05) is 25.2 Å². The lowest BCUT2D eigenvalue weighted by molar-refractivity contribution is -0.134. The topological polar surface area (TPSA) is 79.0 Å². The molecule has 1 unspecified atom stereocenters. The molecule has 3 aliphatic heterocycles. The van der Waals surface area contributed by atoms with Gasteiger partial charge in [-0.2, -0.15) is 0 Å². The van der Waals surface area contributed by atoms with Crippen LogP contribution in [0.15, 0.2) is 18.2 Å².